The number of carbonyl (C=O) groups excluding carboxylic acids is 1. The molecule has 0 amide bonds. The molecule has 1 saturated heterocycles. The number of Topliss-reactive ketones (excluding diaryl/α,β-unsaturated/α-hetero) is 1. The van der Waals surface area contributed by atoms with Crippen LogP contribution in [0.1, 0.15) is 5.56 Å². The zero-order valence-corrected chi connectivity index (χ0v) is 10.4. The molecule has 1 aromatic rings. The minimum absolute atomic E-state index is 0.118. The molecule has 0 saturated carbocycles. The van der Waals surface area contributed by atoms with Crippen LogP contribution in [-0.4, -0.2) is 17.3 Å². The molecule has 1 fully saturated rings. The van der Waals surface area contributed by atoms with E-state index in [2.05, 4.69) is 15.9 Å². The summed E-state index contributed by atoms with van der Waals surface area (Å²) in [6.45, 7) is 0. The number of ketones is 1. The Kier molecular flexibility index (Phi) is 3.46. The molecule has 1 nitrogen and oxygen atoms in total. The third kappa shape index (κ3) is 2.61. The minimum Gasteiger partial charge on any atom is -0.298 e. The van der Waals surface area contributed by atoms with E-state index >= 15 is 0 Å². The molecule has 0 aliphatic carbocycles. The Morgan fingerprint density at radius 2 is 2.33 bits per heavy atom. The molecule has 0 N–H and O–H groups in total. The first-order valence-corrected chi connectivity index (χ1v) is 6.66. The molecule has 0 spiro atoms. The van der Waals surface area contributed by atoms with Gasteiger partial charge in [0.2, 0.25) is 0 Å². The Hall–Kier alpha value is -0.350. The second-order valence-corrected chi connectivity index (χ2v) is 5.52. The van der Waals surface area contributed by atoms with E-state index in [4.69, 9.17) is 0 Å². The van der Waals surface area contributed by atoms with Gasteiger partial charge in [-0.25, -0.2) is 4.39 Å². The topological polar surface area (TPSA) is 17.1 Å². The molecule has 2 rings (SSSR count). The fourth-order valence-electron chi connectivity index (χ4n) is 1.64. The molecule has 15 heavy (non-hydrogen) atoms. The van der Waals surface area contributed by atoms with Crippen LogP contribution in [-0.2, 0) is 11.2 Å². The molecule has 0 radical (unpaired) electrons. The maximum atomic E-state index is 13.0. The molecular formula is C11H10BrFOS. The molecule has 1 atom stereocenters. The summed E-state index contributed by atoms with van der Waals surface area (Å²) < 4.78 is 13.4. The highest BCUT2D eigenvalue weighted by Gasteiger charge is 2.25. The van der Waals surface area contributed by atoms with Gasteiger partial charge in [-0.15, -0.1) is 0 Å². The summed E-state index contributed by atoms with van der Waals surface area (Å²) in [5.41, 5.74) is 1.02. The van der Waals surface area contributed by atoms with Crippen LogP contribution >= 0.6 is 27.7 Å². The maximum Gasteiger partial charge on any atom is 0.146 e. The van der Waals surface area contributed by atoms with Crippen molar-refractivity contribution in [2.45, 2.75) is 6.42 Å². The number of hydrogen-bond acceptors (Lipinski definition) is 2. The van der Waals surface area contributed by atoms with Crippen LogP contribution in [0.5, 0.6) is 0 Å². The van der Waals surface area contributed by atoms with E-state index < -0.39 is 0 Å². The first kappa shape index (κ1) is 11.1. The van der Waals surface area contributed by atoms with Gasteiger partial charge in [-0.2, -0.15) is 11.8 Å². The van der Waals surface area contributed by atoms with Crippen LogP contribution in [0, 0.1) is 11.7 Å². The molecule has 1 heterocycles. The van der Waals surface area contributed by atoms with Crippen molar-refractivity contribution in [1.82, 2.24) is 0 Å². The SMILES string of the molecule is O=C1CSCC1Cc1ccc(F)c(Br)c1. The Morgan fingerprint density at radius 3 is 2.93 bits per heavy atom. The first-order chi connectivity index (χ1) is 7.16. The summed E-state index contributed by atoms with van der Waals surface area (Å²) in [4.78, 5) is 11.4. The smallest absolute Gasteiger partial charge is 0.146 e. The van der Waals surface area contributed by atoms with Gasteiger partial charge in [-0.1, -0.05) is 6.07 Å². The number of rotatable bonds is 2. The Bertz CT molecular complexity index is 394. The van der Waals surface area contributed by atoms with Gasteiger partial charge in [0.1, 0.15) is 11.6 Å². The van der Waals surface area contributed by atoms with Crippen LogP contribution in [0.3, 0.4) is 0 Å². The van der Waals surface area contributed by atoms with Gasteiger partial charge in [0.25, 0.3) is 0 Å². The van der Waals surface area contributed by atoms with E-state index in [9.17, 15) is 9.18 Å². The number of benzene rings is 1. The van der Waals surface area contributed by atoms with Crippen molar-refractivity contribution in [3.05, 3.63) is 34.1 Å². The number of thioether (sulfide) groups is 1. The number of hydrogen-bond donors (Lipinski definition) is 0. The van der Waals surface area contributed by atoms with Gasteiger partial charge < -0.3 is 0 Å². The lowest BCUT2D eigenvalue weighted by Gasteiger charge is -2.07. The van der Waals surface area contributed by atoms with E-state index in [1.54, 1.807) is 23.9 Å². The van der Waals surface area contributed by atoms with Gasteiger partial charge in [0.05, 0.1) is 10.2 Å². The lowest BCUT2D eigenvalue weighted by molar-refractivity contribution is -0.119. The fraction of sp³-hybridized carbons (Fsp3) is 0.364. The summed E-state index contributed by atoms with van der Waals surface area (Å²) in [5, 5.41) is 0. The quantitative estimate of drug-likeness (QED) is 0.832. The molecule has 0 bridgehead atoms. The second-order valence-electron chi connectivity index (χ2n) is 3.63. The van der Waals surface area contributed by atoms with Crippen LogP contribution in [0.4, 0.5) is 4.39 Å². The maximum absolute atomic E-state index is 13.0. The summed E-state index contributed by atoms with van der Waals surface area (Å²) in [5.74, 6) is 1.71. The van der Waals surface area contributed by atoms with E-state index in [0.717, 1.165) is 17.7 Å². The summed E-state index contributed by atoms with van der Waals surface area (Å²) in [6.07, 6.45) is 0.727. The van der Waals surface area contributed by atoms with Crippen molar-refractivity contribution in [3.8, 4) is 0 Å². The largest absolute Gasteiger partial charge is 0.298 e. The normalized spacial score (nSPS) is 20.9. The average Bonchev–Trinajstić information content (AvgIpc) is 2.59. The Morgan fingerprint density at radius 1 is 1.53 bits per heavy atom. The molecule has 1 aliphatic rings. The summed E-state index contributed by atoms with van der Waals surface area (Å²) in [7, 11) is 0. The molecule has 1 aliphatic heterocycles. The minimum atomic E-state index is -0.258. The van der Waals surface area contributed by atoms with Crippen molar-refractivity contribution >= 4 is 33.5 Å². The molecule has 4 heteroatoms. The van der Waals surface area contributed by atoms with E-state index in [1.807, 2.05) is 0 Å². The second kappa shape index (κ2) is 4.66. The standard InChI is InChI=1S/C11H10BrFOS/c12-9-4-7(1-2-10(9)13)3-8-5-15-6-11(8)14/h1-2,4,8H,3,5-6H2. The zero-order chi connectivity index (χ0) is 10.8. The first-order valence-electron chi connectivity index (χ1n) is 4.71. The van der Waals surface area contributed by atoms with Crippen LogP contribution in [0.15, 0.2) is 22.7 Å². The summed E-state index contributed by atoms with van der Waals surface area (Å²) >= 11 is 4.83. The van der Waals surface area contributed by atoms with Crippen molar-refractivity contribution in [3.63, 3.8) is 0 Å². The van der Waals surface area contributed by atoms with Gasteiger partial charge in [0, 0.05) is 11.7 Å². The van der Waals surface area contributed by atoms with Crippen molar-refractivity contribution in [2.75, 3.05) is 11.5 Å². The van der Waals surface area contributed by atoms with Gasteiger partial charge in [-0.05, 0) is 40.0 Å². The lowest BCUT2D eigenvalue weighted by Crippen LogP contribution is -2.13. The predicted octanol–water partition coefficient (Wildman–Crippen LogP) is 3.06. The lowest BCUT2D eigenvalue weighted by atomic mass is 9.98. The molecule has 80 valence electrons. The number of carbonyl (C=O) groups is 1. The monoisotopic (exact) mass is 288 g/mol. The van der Waals surface area contributed by atoms with Crippen LogP contribution < -0.4 is 0 Å². The van der Waals surface area contributed by atoms with Crippen molar-refractivity contribution < 1.29 is 9.18 Å². The highest BCUT2D eigenvalue weighted by Crippen LogP contribution is 2.25. The highest BCUT2D eigenvalue weighted by molar-refractivity contribution is 9.10. The van der Waals surface area contributed by atoms with Crippen LogP contribution in [0.25, 0.3) is 0 Å². The van der Waals surface area contributed by atoms with Gasteiger partial charge >= 0.3 is 0 Å². The Labute approximate surface area is 101 Å². The van der Waals surface area contributed by atoms with Gasteiger partial charge in [-0.3, -0.25) is 4.79 Å². The fourth-order valence-corrected chi connectivity index (χ4v) is 3.21. The summed E-state index contributed by atoms with van der Waals surface area (Å²) in [6, 6.07) is 4.94. The zero-order valence-electron chi connectivity index (χ0n) is 8.00. The number of halogens is 2. The Balaban J connectivity index is 2.10. The van der Waals surface area contributed by atoms with Crippen LogP contribution in [0.2, 0.25) is 0 Å². The third-order valence-electron chi connectivity index (χ3n) is 2.48. The highest BCUT2D eigenvalue weighted by atomic mass is 79.9. The molecule has 0 aromatic heterocycles. The van der Waals surface area contributed by atoms with Crippen molar-refractivity contribution in [1.29, 1.82) is 0 Å². The van der Waals surface area contributed by atoms with E-state index in [-0.39, 0.29) is 11.7 Å². The van der Waals surface area contributed by atoms with Gasteiger partial charge in [0.15, 0.2) is 0 Å². The van der Waals surface area contributed by atoms with E-state index in [1.165, 1.54) is 6.07 Å². The molecule has 1 aromatic carbocycles. The van der Waals surface area contributed by atoms with E-state index in [0.29, 0.717) is 16.0 Å². The average molecular weight is 289 g/mol. The third-order valence-corrected chi connectivity index (χ3v) is 4.22. The van der Waals surface area contributed by atoms with Crippen molar-refractivity contribution in [2.24, 2.45) is 5.92 Å². The molecule has 1 unspecified atom stereocenters. The molecular weight excluding hydrogens is 279 g/mol. The predicted molar refractivity (Wildman–Crippen MR) is 63.6 cm³/mol.